The summed E-state index contributed by atoms with van der Waals surface area (Å²) < 4.78 is 29.8. The van der Waals surface area contributed by atoms with E-state index in [1.165, 1.54) is 36.1 Å². The number of hydrogen-bond acceptors (Lipinski definition) is 6. The van der Waals surface area contributed by atoms with Crippen molar-refractivity contribution in [3.63, 3.8) is 0 Å². The second-order valence-electron chi connectivity index (χ2n) is 13.8. The van der Waals surface area contributed by atoms with Crippen LogP contribution in [0.25, 0.3) is 11.0 Å². The number of fused-ring (bicyclic) bond motifs is 3. The minimum atomic E-state index is -4.19. The van der Waals surface area contributed by atoms with Crippen molar-refractivity contribution in [1.29, 1.82) is 0 Å². The molecule has 7 rings (SSSR count). The molecule has 3 aromatic carbocycles. The van der Waals surface area contributed by atoms with E-state index in [4.69, 9.17) is 16.6 Å². The van der Waals surface area contributed by atoms with Gasteiger partial charge in [-0.25, -0.2) is 18.1 Å². The zero-order chi connectivity index (χ0) is 33.6. The maximum Gasteiger partial charge on any atom is 0.265 e. The number of nitrogens with one attached hydrogen (secondary N) is 1. The van der Waals surface area contributed by atoms with E-state index in [1.807, 2.05) is 9.62 Å². The van der Waals surface area contributed by atoms with Crippen molar-refractivity contribution in [2.45, 2.75) is 87.2 Å². The van der Waals surface area contributed by atoms with Crippen LogP contribution in [0, 0.1) is 6.92 Å². The van der Waals surface area contributed by atoms with Crippen molar-refractivity contribution in [2.24, 2.45) is 0 Å². The minimum Gasteiger partial charge on any atom is -0.339 e. The van der Waals surface area contributed by atoms with E-state index in [9.17, 15) is 18.0 Å². The molecule has 2 amide bonds. The standard InChI is InChI=1S/C37H42ClN5O4S/c1-25-39-33-10-6-7-11-34(33)43(25)31-23-29-13-14-30(24-31)42(29)21-18-37(28-8-4-3-5-9-28)16-19-41(20-17-37)36(45)27-12-15-32(38)35(22-27)48(46,47)40-26(2)44/h3-12,15,22,29-31H,13-14,16-21,23-24H2,1-2H3,(H,40,44). The SMILES string of the molecule is CC(=O)NS(=O)(=O)c1cc(C(=O)N2CCC(CCN3C4CCC3CC(n3c(C)nc5ccccc53)C4)(c3ccccc3)CC2)ccc1Cl. The van der Waals surface area contributed by atoms with E-state index in [-0.39, 0.29) is 26.8 Å². The predicted molar refractivity (Wildman–Crippen MR) is 187 cm³/mol. The number of likely N-dealkylation sites (tertiary alicyclic amines) is 1. The summed E-state index contributed by atoms with van der Waals surface area (Å²) in [5.74, 6) is 0.132. The van der Waals surface area contributed by atoms with Crippen LogP contribution in [0.2, 0.25) is 5.02 Å². The number of sulfonamides is 1. The molecule has 2 bridgehead atoms. The predicted octanol–water partition coefficient (Wildman–Crippen LogP) is 6.26. The number of rotatable bonds is 8. The quantitative estimate of drug-likeness (QED) is 0.235. The third-order valence-electron chi connectivity index (χ3n) is 11.0. The number of para-hydroxylation sites is 2. The van der Waals surface area contributed by atoms with Crippen molar-refractivity contribution in [2.75, 3.05) is 19.6 Å². The van der Waals surface area contributed by atoms with Crippen molar-refractivity contribution in [3.8, 4) is 0 Å². The molecule has 3 aliphatic heterocycles. The van der Waals surface area contributed by atoms with Gasteiger partial charge >= 0.3 is 0 Å². The molecule has 4 heterocycles. The van der Waals surface area contributed by atoms with Crippen LogP contribution < -0.4 is 4.72 Å². The molecule has 3 aliphatic rings. The van der Waals surface area contributed by atoms with Crippen LogP contribution in [-0.2, 0) is 20.2 Å². The lowest BCUT2D eigenvalue weighted by molar-refractivity contribution is -0.117. The highest BCUT2D eigenvalue weighted by molar-refractivity contribution is 7.90. The van der Waals surface area contributed by atoms with Crippen molar-refractivity contribution in [1.82, 2.24) is 24.1 Å². The maximum atomic E-state index is 13.7. The molecule has 3 fully saturated rings. The highest BCUT2D eigenvalue weighted by Crippen LogP contribution is 2.45. The summed E-state index contributed by atoms with van der Waals surface area (Å²) in [6.07, 6.45) is 7.39. The molecule has 2 atom stereocenters. The molecule has 0 saturated carbocycles. The smallest absolute Gasteiger partial charge is 0.265 e. The third-order valence-corrected chi connectivity index (χ3v) is 12.9. The first-order valence-electron chi connectivity index (χ1n) is 16.9. The fourth-order valence-electron chi connectivity index (χ4n) is 8.67. The zero-order valence-electron chi connectivity index (χ0n) is 27.4. The van der Waals surface area contributed by atoms with Crippen LogP contribution in [0.3, 0.4) is 0 Å². The maximum absolute atomic E-state index is 13.7. The van der Waals surface area contributed by atoms with E-state index in [0.29, 0.717) is 31.2 Å². The molecular weight excluding hydrogens is 646 g/mol. The first-order chi connectivity index (χ1) is 23.0. The van der Waals surface area contributed by atoms with Crippen LogP contribution in [0.15, 0.2) is 77.7 Å². The van der Waals surface area contributed by atoms with Crippen molar-refractivity contribution in [3.05, 3.63) is 94.8 Å². The van der Waals surface area contributed by atoms with E-state index in [2.05, 4.69) is 71.0 Å². The summed E-state index contributed by atoms with van der Waals surface area (Å²) in [7, 11) is -4.19. The Balaban J connectivity index is 1.06. The number of amides is 2. The number of benzene rings is 3. The van der Waals surface area contributed by atoms with Gasteiger partial charge in [-0.3, -0.25) is 14.5 Å². The molecule has 0 aliphatic carbocycles. The fraction of sp³-hybridized carbons (Fsp3) is 0.432. The number of aryl methyl sites for hydroxylation is 1. The number of carbonyl (C=O) groups is 2. The van der Waals surface area contributed by atoms with E-state index >= 15 is 0 Å². The molecule has 3 saturated heterocycles. The lowest BCUT2D eigenvalue weighted by Crippen LogP contribution is -2.49. The van der Waals surface area contributed by atoms with Crippen molar-refractivity contribution >= 4 is 44.5 Å². The molecule has 1 aromatic heterocycles. The van der Waals surface area contributed by atoms with E-state index in [1.54, 1.807) is 6.07 Å². The molecule has 1 N–H and O–H groups in total. The fourth-order valence-corrected chi connectivity index (χ4v) is 10.2. The molecule has 0 spiro atoms. The van der Waals surface area contributed by atoms with Gasteiger partial charge in [-0.1, -0.05) is 54.1 Å². The number of nitrogens with zero attached hydrogens (tertiary/aromatic N) is 4. The summed E-state index contributed by atoms with van der Waals surface area (Å²) in [4.78, 5) is 34.3. The number of imidazole rings is 1. The minimum absolute atomic E-state index is 0.0476. The molecular formula is C37H42ClN5O4S. The second-order valence-corrected chi connectivity index (χ2v) is 15.8. The van der Waals surface area contributed by atoms with Gasteiger partial charge in [0.05, 0.1) is 16.1 Å². The Morgan fingerprint density at radius 3 is 2.29 bits per heavy atom. The van der Waals surface area contributed by atoms with Gasteiger partial charge < -0.3 is 9.47 Å². The third kappa shape index (κ3) is 6.14. The number of carbonyl (C=O) groups excluding carboxylic acids is 2. The van der Waals surface area contributed by atoms with Crippen LogP contribution in [0.1, 0.15) is 79.7 Å². The highest BCUT2D eigenvalue weighted by atomic mass is 35.5. The molecule has 9 nitrogen and oxygen atoms in total. The Hall–Kier alpha value is -3.73. The summed E-state index contributed by atoms with van der Waals surface area (Å²) in [6.45, 7) is 5.40. The molecule has 48 heavy (non-hydrogen) atoms. The number of halogens is 1. The van der Waals surface area contributed by atoms with E-state index < -0.39 is 15.9 Å². The van der Waals surface area contributed by atoms with Gasteiger partial charge in [0.15, 0.2) is 0 Å². The van der Waals surface area contributed by atoms with Crippen LogP contribution in [-0.4, -0.2) is 71.3 Å². The number of aromatic nitrogens is 2. The first kappa shape index (κ1) is 32.8. The monoisotopic (exact) mass is 687 g/mol. The van der Waals surface area contributed by atoms with E-state index in [0.717, 1.165) is 56.9 Å². The van der Waals surface area contributed by atoms with Gasteiger partial charge in [0.1, 0.15) is 10.7 Å². The summed E-state index contributed by atoms with van der Waals surface area (Å²) in [5, 5.41) is -0.0476. The largest absolute Gasteiger partial charge is 0.339 e. The normalized spacial score (nSPS) is 22.6. The summed E-state index contributed by atoms with van der Waals surface area (Å²) in [5.41, 5.74) is 3.80. The van der Waals surface area contributed by atoms with Gasteiger partial charge in [-0.05, 0) is 99.7 Å². The Bertz CT molecular complexity index is 1940. The lowest BCUT2D eigenvalue weighted by atomic mass is 9.70. The first-order valence-corrected chi connectivity index (χ1v) is 18.8. The number of hydrogen-bond donors (Lipinski definition) is 1. The molecule has 11 heteroatoms. The second kappa shape index (κ2) is 12.9. The van der Waals surface area contributed by atoms with Gasteiger partial charge in [0, 0.05) is 43.7 Å². The van der Waals surface area contributed by atoms with Crippen LogP contribution >= 0.6 is 11.6 Å². The van der Waals surface area contributed by atoms with Crippen LogP contribution in [0.4, 0.5) is 0 Å². The number of piperidine rings is 2. The summed E-state index contributed by atoms with van der Waals surface area (Å²) >= 11 is 6.18. The molecule has 0 radical (unpaired) electrons. The Morgan fingerprint density at radius 2 is 1.60 bits per heavy atom. The van der Waals surface area contributed by atoms with Gasteiger partial charge in [0.25, 0.3) is 15.9 Å². The average molecular weight is 688 g/mol. The van der Waals surface area contributed by atoms with Gasteiger partial charge in [-0.15, -0.1) is 0 Å². The molecule has 2 unspecified atom stereocenters. The Kier molecular flexibility index (Phi) is 8.85. The molecule has 4 aromatic rings. The van der Waals surface area contributed by atoms with Gasteiger partial charge in [0.2, 0.25) is 5.91 Å². The average Bonchev–Trinajstić information content (AvgIpc) is 3.53. The summed E-state index contributed by atoms with van der Waals surface area (Å²) in [6, 6.07) is 25.0. The highest BCUT2D eigenvalue weighted by Gasteiger charge is 2.44. The van der Waals surface area contributed by atoms with Crippen LogP contribution in [0.5, 0.6) is 0 Å². The zero-order valence-corrected chi connectivity index (χ0v) is 29.0. The topological polar surface area (TPSA) is 105 Å². The lowest BCUT2D eigenvalue weighted by Gasteiger charge is -2.45. The molecule has 252 valence electrons. The van der Waals surface area contributed by atoms with Gasteiger partial charge in [-0.2, -0.15) is 0 Å². The Labute approximate surface area is 287 Å². The Morgan fingerprint density at radius 1 is 0.938 bits per heavy atom. The van der Waals surface area contributed by atoms with Crippen molar-refractivity contribution < 1.29 is 18.0 Å².